The number of carbonyl (C=O) groups is 1. The number of sulfonamides is 1. The van der Waals surface area contributed by atoms with Crippen molar-refractivity contribution in [2.45, 2.75) is 44.4 Å². The van der Waals surface area contributed by atoms with Crippen molar-refractivity contribution in [3.63, 3.8) is 0 Å². The fourth-order valence-electron chi connectivity index (χ4n) is 4.14. The van der Waals surface area contributed by atoms with E-state index in [-0.39, 0.29) is 16.6 Å². The molecule has 0 unspecified atom stereocenters. The number of amides is 1. The molecule has 1 heterocycles. The summed E-state index contributed by atoms with van der Waals surface area (Å²) in [5.41, 5.74) is 1.03. The zero-order chi connectivity index (χ0) is 26.8. The first-order valence-corrected chi connectivity index (χ1v) is 14.4. The lowest BCUT2D eigenvalue weighted by Crippen LogP contribution is -2.41. The first-order chi connectivity index (χ1) is 17.8. The summed E-state index contributed by atoms with van der Waals surface area (Å²) in [5.74, 6) is 1.07. The van der Waals surface area contributed by atoms with E-state index in [1.807, 2.05) is 0 Å². The standard InChI is InChI=1S/C27H39N3O6S/c1-5-7-13-29(14-8-6-2)24-20-25(36-22-11-9-21(34-4)10-12-22)26(37(32,33)28-3)19-23(24)27(31)30-15-17-35-18-16-30/h9-12,19-20,28H,5-8,13-18H2,1-4H3. The maximum absolute atomic E-state index is 13.8. The molecule has 37 heavy (non-hydrogen) atoms. The molecule has 2 aromatic carbocycles. The Morgan fingerprint density at radius 1 is 1.03 bits per heavy atom. The van der Waals surface area contributed by atoms with E-state index in [2.05, 4.69) is 23.5 Å². The number of unbranched alkanes of at least 4 members (excludes halogenated alkanes) is 2. The molecule has 0 atom stereocenters. The Kier molecular flexibility index (Phi) is 10.6. The van der Waals surface area contributed by atoms with Crippen molar-refractivity contribution in [3.05, 3.63) is 42.0 Å². The van der Waals surface area contributed by atoms with Crippen LogP contribution in [0.3, 0.4) is 0 Å². The van der Waals surface area contributed by atoms with E-state index in [0.29, 0.717) is 49.1 Å². The van der Waals surface area contributed by atoms with Gasteiger partial charge in [-0.3, -0.25) is 4.79 Å². The van der Waals surface area contributed by atoms with Crippen molar-refractivity contribution >= 4 is 21.6 Å². The third kappa shape index (κ3) is 7.37. The van der Waals surface area contributed by atoms with Gasteiger partial charge in [0.05, 0.1) is 31.6 Å². The van der Waals surface area contributed by atoms with E-state index in [9.17, 15) is 13.2 Å². The minimum absolute atomic E-state index is 0.0860. The molecule has 0 saturated carbocycles. The van der Waals surface area contributed by atoms with E-state index in [4.69, 9.17) is 14.2 Å². The average Bonchev–Trinajstić information content (AvgIpc) is 2.93. The molecule has 204 valence electrons. The Bertz CT molecular complexity index is 1120. The summed E-state index contributed by atoms with van der Waals surface area (Å²) in [6.07, 6.45) is 3.88. The molecule has 1 amide bonds. The third-order valence-corrected chi connectivity index (χ3v) is 7.78. The number of morpholine rings is 1. The SMILES string of the molecule is CCCCN(CCCC)c1cc(Oc2ccc(OC)cc2)c(S(=O)(=O)NC)cc1C(=O)N1CCOCC1. The van der Waals surface area contributed by atoms with Crippen LogP contribution in [0.5, 0.6) is 17.2 Å². The van der Waals surface area contributed by atoms with Gasteiger partial charge in [-0.05, 0) is 50.2 Å². The molecule has 1 saturated heterocycles. The number of hydrogen-bond acceptors (Lipinski definition) is 7. The molecule has 2 aromatic rings. The highest BCUT2D eigenvalue weighted by Crippen LogP contribution is 2.37. The maximum atomic E-state index is 13.8. The van der Waals surface area contributed by atoms with Crippen LogP contribution in [-0.4, -0.2) is 72.8 Å². The number of ether oxygens (including phenoxy) is 3. The van der Waals surface area contributed by atoms with Crippen molar-refractivity contribution < 1.29 is 27.4 Å². The van der Waals surface area contributed by atoms with Gasteiger partial charge < -0.3 is 24.0 Å². The second-order valence-electron chi connectivity index (χ2n) is 8.90. The quantitative estimate of drug-likeness (QED) is 0.411. The molecule has 1 fully saturated rings. The molecule has 1 N–H and O–H groups in total. The van der Waals surface area contributed by atoms with Gasteiger partial charge >= 0.3 is 0 Å². The molecule has 0 aromatic heterocycles. The fraction of sp³-hybridized carbons (Fsp3) is 0.519. The normalized spacial score (nSPS) is 13.9. The summed E-state index contributed by atoms with van der Waals surface area (Å²) in [7, 11) is -1.02. The summed E-state index contributed by atoms with van der Waals surface area (Å²) in [6.45, 7) is 7.57. The van der Waals surface area contributed by atoms with Gasteiger partial charge in [-0.25, -0.2) is 13.1 Å². The van der Waals surface area contributed by atoms with Crippen molar-refractivity contribution in [2.24, 2.45) is 0 Å². The van der Waals surface area contributed by atoms with E-state index < -0.39 is 10.0 Å². The smallest absolute Gasteiger partial charge is 0.256 e. The van der Waals surface area contributed by atoms with Crippen LogP contribution < -0.4 is 19.1 Å². The molecule has 0 aliphatic carbocycles. The van der Waals surface area contributed by atoms with Crippen LogP contribution in [0.4, 0.5) is 5.69 Å². The van der Waals surface area contributed by atoms with Crippen LogP contribution in [0, 0.1) is 0 Å². The van der Waals surface area contributed by atoms with Crippen molar-refractivity contribution in [2.75, 3.05) is 58.5 Å². The van der Waals surface area contributed by atoms with Gasteiger partial charge in [0, 0.05) is 32.2 Å². The van der Waals surface area contributed by atoms with Gasteiger partial charge in [0.15, 0.2) is 0 Å². The van der Waals surface area contributed by atoms with E-state index in [1.165, 1.54) is 13.1 Å². The predicted molar refractivity (Wildman–Crippen MR) is 145 cm³/mol. The Morgan fingerprint density at radius 2 is 1.62 bits per heavy atom. The zero-order valence-electron chi connectivity index (χ0n) is 22.3. The summed E-state index contributed by atoms with van der Waals surface area (Å²) < 4.78 is 45.4. The zero-order valence-corrected chi connectivity index (χ0v) is 23.1. The molecule has 0 spiro atoms. The van der Waals surface area contributed by atoms with Crippen LogP contribution in [-0.2, 0) is 14.8 Å². The fourth-order valence-corrected chi connectivity index (χ4v) is 5.00. The lowest BCUT2D eigenvalue weighted by atomic mass is 10.1. The van der Waals surface area contributed by atoms with Crippen LogP contribution in [0.1, 0.15) is 49.9 Å². The first-order valence-electron chi connectivity index (χ1n) is 12.9. The summed E-state index contributed by atoms with van der Waals surface area (Å²) >= 11 is 0. The largest absolute Gasteiger partial charge is 0.497 e. The number of nitrogens with one attached hydrogen (secondary N) is 1. The van der Waals surface area contributed by atoms with Gasteiger partial charge in [-0.15, -0.1) is 0 Å². The second kappa shape index (κ2) is 13.6. The molecular formula is C27H39N3O6S. The number of carbonyl (C=O) groups excluding carboxylic acids is 1. The van der Waals surface area contributed by atoms with Crippen molar-refractivity contribution in [3.8, 4) is 17.2 Å². The average molecular weight is 534 g/mol. The summed E-state index contributed by atoms with van der Waals surface area (Å²) in [5, 5.41) is 0. The Morgan fingerprint density at radius 3 is 2.16 bits per heavy atom. The van der Waals surface area contributed by atoms with Crippen LogP contribution in [0.15, 0.2) is 41.3 Å². The maximum Gasteiger partial charge on any atom is 0.256 e. The molecule has 1 aliphatic heterocycles. The van der Waals surface area contributed by atoms with Gasteiger partial charge in [0.1, 0.15) is 22.1 Å². The molecule has 10 heteroatoms. The van der Waals surface area contributed by atoms with Gasteiger partial charge in [-0.1, -0.05) is 26.7 Å². The van der Waals surface area contributed by atoms with E-state index >= 15 is 0 Å². The molecule has 0 bridgehead atoms. The number of methoxy groups -OCH3 is 1. The number of benzene rings is 2. The molecule has 3 rings (SSSR count). The molecule has 1 aliphatic rings. The topological polar surface area (TPSA) is 97.4 Å². The highest BCUT2D eigenvalue weighted by atomic mass is 32.2. The van der Waals surface area contributed by atoms with Crippen molar-refractivity contribution in [1.29, 1.82) is 0 Å². The van der Waals surface area contributed by atoms with Crippen molar-refractivity contribution in [1.82, 2.24) is 9.62 Å². The van der Waals surface area contributed by atoms with Gasteiger partial charge in [0.2, 0.25) is 10.0 Å². The summed E-state index contributed by atoms with van der Waals surface area (Å²) in [6, 6.07) is 10.1. The minimum Gasteiger partial charge on any atom is -0.497 e. The highest BCUT2D eigenvalue weighted by Gasteiger charge is 2.29. The number of nitrogens with zero attached hydrogens (tertiary/aromatic N) is 2. The Labute approximate surface area is 220 Å². The number of anilines is 1. The number of hydrogen-bond donors (Lipinski definition) is 1. The van der Waals surface area contributed by atoms with Crippen LogP contribution >= 0.6 is 0 Å². The van der Waals surface area contributed by atoms with E-state index in [1.54, 1.807) is 42.3 Å². The monoisotopic (exact) mass is 533 g/mol. The first kappa shape index (κ1) is 28.7. The van der Waals surface area contributed by atoms with Gasteiger partial charge in [0.25, 0.3) is 5.91 Å². The lowest BCUT2D eigenvalue weighted by Gasteiger charge is -2.31. The van der Waals surface area contributed by atoms with Crippen LogP contribution in [0.25, 0.3) is 0 Å². The lowest BCUT2D eigenvalue weighted by molar-refractivity contribution is 0.0303. The molecule has 0 radical (unpaired) electrons. The number of rotatable bonds is 13. The molecule has 9 nitrogen and oxygen atoms in total. The van der Waals surface area contributed by atoms with Gasteiger partial charge in [-0.2, -0.15) is 0 Å². The third-order valence-electron chi connectivity index (χ3n) is 6.34. The predicted octanol–water partition coefficient (Wildman–Crippen LogP) is 4.27. The minimum atomic E-state index is -3.94. The second-order valence-corrected chi connectivity index (χ2v) is 10.8. The highest BCUT2D eigenvalue weighted by molar-refractivity contribution is 7.89. The Balaban J connectivity index is 2.18. The molecular weight excluding hydrogens is 494 g/mol. The van der Waals surface area contributed by atoms with E-state index in [0.717, 1.165) is 38.8 Å². The van der Waals surface area contributed by atoms with Crippen LogP contribution in [0.2, 0.25) is 0 Å². The summed E-state index contributed by atoms with van der Waals surface area (Å²) in [4.78, 5) is 17.6. The Hall–Kier alpha value is -2.82.